The summed E-state index contributed by atoms with van der Waals surface area (Å²) in [7, 11) is 0. The van der Waals surface area contributed by atoms with Gasteiger partial charge in [0.05, 0.1) is 6.04 Å². The van der Waals surface area contributed by atoms with Crippen molar-refractivity contribution in [1.29, 1.82) is 0 Å². The molecule has 0 bridgehead atoms. The largest absolute Gasteiger partial charge is 0.484 e. The van der Waals surface area contributed by atoms with Crippen LogP contribution in [0.15, 0.2) is 66.9 Å². The summed E-state index contributed by atoms with van der Waals surface area (Å²) in [6.07, 6.45) is 3.83. The smallest absolute Gasteiger partial charge is 0.258 e. The Morgan fingerprint density at radius 1 is 1.03 bits per heavy atom. The third-order valence-corrected chi connectivity index (χ3v) is 5.02. The van der Waals surface area contributed by atoms with E-state index in [1.165, 1.54) is 0 Å². The standard InChI is InChI=1S/C24H23N3O3/c1-16-13-14-25-24(26-16)22(17-7-8-17)27-21(28)15-30-20-11-9-19(10-12-20)23(29)18-5-3-2-4-6-18/h2-6,9-14,17,22H,7-8,15H2,1H3,(H,27,28)/t22-/m1/s1. The number of ketones is 1. The lowest BCUT2D eigenvalue weighted by molar-refractivity contribution is -0.124. The van der Waals surface area contributed by atoms with E-state index in [4.69, 9.17) is 4.74 Å². The first-order valence-electron chi connectivity index (χ1n) is 10.0. The lowest BCUT2D eigenvalue weighted by atomic mass is 10.0. The van der Waals surface area contributed by atoms with Gasteiger partial charge in [-0.1, -0.05) is 30.3 Å². The van der Waals surface area contributed by atoms with Gasteiger partial charge in [-0.25, -0.2) is 9.97 Å². The Morgan fingerprint density at radius 2 is 1.73 bits per heavy atom. The molecule has 1 N–H and O–H groups in total. The number of aromatic nitrogens is 2. The first kappa shape index (κ1) is 19.8. The number of carbonyl (C=O) groups excluding carboxylic acids is 2. The van der Waals surface area contributed by atoms with E-state index in [-0.39, 0.29) is 24.3 Å². The van der Waals surface area contributed by atoms with E-state index in [0.717, 1.165) is 18.5 Å². The molecule has 3 aromatic rings. The molecule has 4 rings (SSSR count). The minimum atomic E-state index is -0.221. The van der Waals surface area contributed by atoms with Crippen molar-refractivity contribution in [3.05, 3.63) is 89.5 Å². The maximum absolute atomic E-state index is 12.5. The second kappa shape index (κ2) is 8.86. The van der Waals surface area contributed by atoms with Gasteiger partial charge in [0.1, 0.15) is 5.75 Å². The highest BCUT2D eigenvalue weighted by Gasteiger charge is 2.35. The van der Waals surface area contributed by atoms with Crippen LogP contribution in [0, 0.1) is 12.8 Å². The zero-order chi connectivity index (χ0) is 20.9. The van der Waals surface area contributed by atoms with E-state index in [9.17, 15) is 9.59 Å². The monoisotopic (exact) mass is 401 g/mol. The van der Waals surface area contributed by atoms with Gasteiger partial charge < -0.3 is 10.1 Å². The summed E-state index contributed by atoms with van der Waals surface area (Å²) in [5, 5.41) is 3.00. The Bertz CT molecular complexity index is 1030. The Balaban J connectivity index is 1.34. The van der Waals surface area contributed by atoms with Crippen LogP contribution < -0.4 is 10.1 Å². The molecule has 1 heterocycles. The summed E-state index contributed by atoms with van der Waals surface area (Å²) >= 11 is 0. The lowest BCUT2D eigenvalue weighted by Crippen LogP contribution is -2.34. The van der Waals surface area contributed by atoms with Crippen molar-refractivity contribution in [3.8, 4) is 5.75 Å². The van der Waals surface area contributed by atoms with Crippen LogP contribution in [0.2, 0.25) is 0 Å². The number of rotatable bonds is 8. The number of amides is 1. The number of ether oxygens (including phenoxy) is 1. The molecular weight excluding hydrogens is 378 g/mol. The van der Waals surface area contributed by atoms with E-state index in [1.54, 1.807) is 42.6 Å². The topological polar surface area (TPSA) is 81.2 Å². The highest BCUT2D eigenvalue weighted by molar-refractivity contribution is 6.08. The molecule has 0 spiro atoms. The number of benzene rings is 2. The molecule has 30 heavy (non-hydrogen) atoms. The second-order valence-electron chi connectivity index (χ2n) is 7.45. The van der Waals surface area contributed by atoms with Crippen molar-refractivity contribution in [3.63, 3.8) is 0 Å². The number of nitrogens with zero attached hydrogens (tertiary/aromatic N) is 2. The molecule has 1 aromatic heterocycles. The quantitative estimate of drug-likeness (QED) is 0.583. The molecule has 1 atom stereocenters. The molecule has 1 amide bonds. The summed E-state index contributed by atoms with van der Waals surface area (Å²) in [5.74, 6) is 1.28. The van der Waals surface area contributed by atoms with Crippen molar-refractivity contribution in [2.75, 3.05) is 6.61 Å². The van der Waals surface area contributed by atoms with Crippen LogP contribution in [0.4, 0.5) is 0 Å². The first-order valence-corrected chi connectivity index (χ1v) is 10.0. The molecule has 1 fully saturated rings. The van der Waals surface area contributed by atoms with Crippen molar-refractivity contribution < 1.29 is 14.3 Å². The third kappa shape index (κ3) is 4.89. The van der Waals surface area contributed by atoms with Gasteiger partial charge >= 0.3 is 0 Å². The molecule has 1 saturated carbocycles. The fourth-order valence-corrected chi connectivity index (χ4v) is 3.26. The SMILES string of the molecule is Cc1ccnc([C@H](NC(=O)COc2ccc(C(=O)c3ccccc3)cc2)C2CC2)n1. The van der Waals surface area contributed by atoms with Gasteiger partial charge in [-0.15, -0.1) is 0 Å². The van der Waals surface area contributed by atoms with Crippen LogP contribution in [0.1, 0.15) is 46.3 Å². The number of hydrogen-bond acceptors (Lipinski definition) is 5. The fraction of sp³-hybridized carbons (Fsp3) is 0.250. The van der Waals surface area contributed by atoms with Crippen molar-refractivity contribution >= 4 is 11.7 Å². The van der Waals surface area contributed by atoms with Crippen LogP contribution in [0.5, 0.6) is 5.75 Å². The molecule has 6 nitrogen and oxygen atoms in total. The highest BCUT2D eigenvalue weighted by atomic mass is 16.5. The van der Waals surface area contributed by atoms with Crippen LogP contribution >= 0.6 is 0 Å². The fourth-order valence-electron chi connectivity index (χ4n) is 3.26. The Hall–Kier alpha value is -3.54. The Kier molecular flexibility index (Phi) is 5.84. The van der Waals surface area contributed by atoms with Gasteiger partial charge in [-0.3, -0.25) is 9.59 Å². The maximum atomic E-state index is 12.5. The van der Waals surface area contributed by atoms with Gasteiger partial charge in [-0.05, 0) is 56.0 Å². The summed E-state index contributed by atoms with van der Waals surface area (Å²) in [6, 6.07) is 17.6. The molecule has 0 aliphatic heterocycles. The number of carbonyl (C=O) groups is 2. The first-order chi connectivity index (χ1) is 14.6. The normalized spacial score (nSPS) is 14.0. The van der Waals surface area contributed by atoms with Gasteiger partial charge in [0, 0.05) is 23.0 Å². The highest BCUT2D eigenvalue weighted by Crippen LogP contribution is 2.39. The van der Waals surface area contributed by atoms with Crippen LogP contribution in [0.25, 0.3) is 0 Å². The lowest BCUT2D eigenvalue weighted by Gasteiger charge is -2.17. The number of hydrogen-bond donors (Lipinski definition) is 1. The third-order valence-electron chi connectivity index (χ3n) is 5.02. The minimum Gasteiger partial charge on any atom is -0.484 e. The van der Waals surface area contributed by atoms with E-state index in [0.29, 0.717) is 28.6 Å². The number of nitrogens with one attached hydrogen (secondary N) is 1. The van der Waals surface area contributed by atoms with Crippen LogP contribution in [-0.2, 0) is 4.79 Å². The van der Waals surface area contributed by atoms with Gasteiger partial charge in [-0.2, -0.15) is 0 Å². The van der Waals surface area contributed by atoms with Crippen molar-refractivity contribution in [2.24, 2.45) is 5.92 Å². The zero-order valence-corrected chi connectivity index (χ0v) is 16.7. The molecule has 2 aromatic carbocycles. The van der Waals surface area contributed by atoms with Gasteiger partial charge in [0.15, 0.2) is 18.2 Å². The molecule has 1 aliphatic rings. The molecule has 0 radical (unpaired) electrons. The van der Waals surface area contributed by atoms with Crippen LogP contribution in [-0.4, -0.2) is 28.3 Å². The summed E-state index contributed by atoms with van der Waals surface area (Å²) in [6.45, 7) is 1.80. The van der Waals surface area contributed by atoms with E-state index in [1.807, 2.05) is 31.2 Å². The molecule has 1 aliphatic carbocycles. The van der Waals surface area contributed by atoms with Crippen molar-refractivity contribution in [1.82, 2.24) is 15.3 Å². The summed E-state index contributed by atoms with van der Waals surface area (Å²) < 4.78 is 5.60. The molecular formula is C24H23N3O3. The zero-order valence-electron chi connectivity index (χ0n) is 16.7. The molecule has 0 unspecified atom stereocenters. The maximum Gasteiger partial charge on any atom is 0.258 e. The average Bonchev–Trinajstić information content (AvgIpc) is 3.62. The second-order valence-corrected chi connectivity index (χ2v) is 7.45. The molecule has 152 valence electrons. The van der Waals surface area contributed by atoms with E-state index < -0.39 is 0 Å². The predicted octanol–water partition coefficient (Wildman–Crippen LogP) is 3.66. The van der Waals surface area contributed by atoms with E-state index >= 15 is 0 Å². The van der Waals surface area contributed by atoms with E-state index in [2.05, 4.69) is 15.3 Å². The molecule has 6 heteroatoms. The summed E-state index contributed by atoms with van der Waals surface area (Å²) in [4.78, 5) is 33.7. The predicted molar refractivity (Wildman–Crippen MR) is 112 cm³/mol. The Morgan fingerprint density at radius 3 is 2.40 bits per heavy atom. The Labute approximate surface area is 175 Å². The molecule has 0 saturated heterocycles. The average molecular weight is 401 g/mol. The van der Waals surface area contributed by atoms with Crippen LogP contribution in [0.3, 0.4) is 0 Å². The van der Waals surface area contributed by atoms with Gasteiger partial charge in [0.25, 0.3) is 5.91 Å². The minimum absolute atomic E-state index is 0.0506. The number of aryl methyl sites for hydroxylation is 1. The summed E-state index contributed by atoms with van der Waals surface area (Å²) in [5.41, 5.74) is 2.08. The van der Waals surface area contributed by atoms with Crippen molar-refractivity contribution in [2.45, 2.75) is 25.8 Å². The van der Waals surface area contributed by atoms with Gasteiger partial charge in [0.2, 0.25) is 0 Å².